The van der Waals surface area contributed by atoms with Crippen molar-refractivity contribution < 1.29 is 0 Å². The van der Waals surface area contributed by atoms with Gasteiger partial charge < -0.3 is 0 Å². The van der Waals surface area contributed by atoms with Gasteiger partial charge in [-0.2, -0.15) is 9.96 Å². The van der Waals surface area contributed by atoms with Gasteiger partial charge in [0.15, 0.2) is 0 Å². The predicted octanol–water partition coefficient (Wildman–Crippen LogP) is 5.59. The maximum absolute atomic E-state index is 5.12. The second-order valence-corrected chi connectivity index (χ2v) is 10.2. The van der Waals surface area contributed by atoms with Crippen LogP contribution in [0.5, 0.6) is 0 Å². The molecule has 138 valence electrons. The molecule has 3 rings (SSSR count). The van der Waals surface area contributed by atoms with Crippen LogP contribution in [-0.4, -0.2) is 5.71 Å². The van der Waals surface area contributed by atoms with E-state index in [1.54, 1.807) is 0 Å². The fourth-order valence-corrected chi connectivity index (χ4v) is 6.61. The van der Waals surface area contributed by atoms with Gasteiger partial charge in [0.1, 0.15) is 0 Å². The summed E-state index contributed by atoms with van der Waals surface area (Å²) in [6.45, 7) is 6.51. The fourth-order valence-electron chi connectivity index (χ4n) is 3.31. The van der Waals surface area contributed by atoms with E-state index >= 15 is 0 Å². The van der Waals surface area contributed by atoms with Crippen LogP contribution >= 0.6 is 7.05 Å². The Morgan fingerprint density at radius 3 is 1.41 bits per heavy atom. The molecule has 0 heterocycles. The van der Waals surface area contributed by atoms with Gasteiger partial charge in [-0.05, 0) is 19.3 Å². The summed E-state index contributed by atoms with van der Waals surface area (Å²) >= 11 is 0. The Balaban J connectivity index is 2.33. The van der Waals surface area contributed by atoms with Gasteiger partial charge >= 0.3 is 0 Å². The lowest BCUT2D eigenvalue weighted by molar-refractivity contribution is 0.681. The first kappa shape index (κ1) is 19.3. The van der Waals surface area contributed by atoms with E-state index in [2.05, 4.69) is 112 Å². The zero-order valence-electron chi connectivity index (χ0n) is 16.3. The first-order valence-corrected chi connectivity index (χ1v) is 11.2. The monoisotopic (exact) mass is 374 g/mol. The molecule has 3 aromatic rings. The van der Waals surface area contributed by atoms with Gasteiger partial charge in [0.05, 0.1) is 7.05 Å². The van der Waals surface area contributed by atoms with E-state index in [0.29, 0.717) is 5.92 Å². The molecule has 3 heteroatoms. The first-order valence-electron chi connectivity index (χ1n) is 9.44. The fraction of sp³-hybridized carbons (Fsp3) is 0.208. The quantitative estimate of drug-likeness (QED) is 0.305. The van der Waals surface area contributed by atoms with Crippen molar-refractivity contribution in [2.24, 2.45) is 15.9 Å². The SMILES string of the molecule is C/C(CC(C)C)=N\N=P(c1ccccc1)(c1ccccc1)c1ccccc1. The Bertz CT molecular complexity index is 826. The summed E-state index contributed by atoms with van der Waals surface area (Å²) in [6.07, 6.45) is 0.960. The van der Waals surface area contributed by atoms with Gasteiger partial charge in [-0.25, -0.2) is 0 Å². The summed E-state index contributed by atoms with van der Waals surface area (Å²) in [4.78, 5) is 5.12. The highest BCUT2D eigenvalue weighted by Gasteiger charge is 2.27. The van der Waals surface area contributed by atoms with Crippen LogP contribution in [0.15, 0.2) is 101 Å². The molecule has 0 radical (unpaired) electrons. The van der Waals surface area contributed by atoms with Crippen LogP contribution < -0.4 is 15.9 Å². The van der Waals surface area contributed by atoms with E-state index < -0.39 is 7.05 Å². The molecule has 0 fully saturated rings. The molecule has 0 unspecified atom stereocenters. The van der Waals surface area contributed by atoms with E-state index in [-0.39, 0.29) is 0 Å². The summed E-state index contributed by atoms with van der Waals surface area (Å²) < 4.78 is 0. The Morgan fingerprint density at radius 1 is 0.704 bits per heavy atom. The molecule has 0 aliphatic heterocycles. The van der Waals surface area contributed by atoms with Crippen LogP contribution in [0.3, 0.4) is 0 Å². The van der Waals surface area contributed by atoms with Crippen LogP contribution in [0, 0.1) is 5.92 Å². The Morgan fingerprint density at radius 2 is 1.07 bits per heavy atom. The molecule has 3 aromatic carbocycles. The molecule has 2 nitrogen and oxygen atoms in total. The third-order valence-corrected chi connectivity index (χ3v) is 7.94. The molecule has 0 aliphatic rings. The second-order valence-electron chi connectivity index (χ2n) is 7.16. The van der Waals surface area contributed by atoms with Crippen molar-refractivity contribution >= 4 is 28.7 Å². The van der Waals surface area contributed by atoms with Crippen LogP contribution in [0.2, 0.25) is 0 Å². The van der Waals surface area contributed by atoms with Gasteiger partial charge in [-0.1, -0.05) is 105 Å². The zero-order chi connectivity index (χ0) is 19.1. The standard InChI is InChI=1S/C24H27N2P/c1-20(2)19-21(3)25-26-27(22-13-7-4-8-14-22,23-15-9-5-10-16-23)24-17-11-6-12-18-24/h4-18,20H,19H2,1-3H3/b25-21+. The minimum Gasteiger partial charge on any atom is -0.161 e. The van der Waals surface area contributed by atoms with Crippen molar-refractivity contribution in [2.45, 2.75) is 27.2 Å². The normalized spacial score (nSPS) is 12.2. The average Bonchev–Trinajstić information content (AvgIpc) is 2.70. The molecule has 0 aromatic heterocycles. The number of nitrogens with zero attached hydrogens (tertiary/aromatic N) is 2. The van der Waals surface area contributed by atoms with E-state index in [1.165, 1.54) is 15.9 Å². The van der Waals surface area contributed by atoms with Gasteiger partial charge in [0.2, 0.25) is 0 Å². The Labute approximate surface area is 163 Å². The number of rotatable bonds is 6. The summed E-state index contributed by atoms with van der Waals surface area (Å²) in [6, 6.07) is 31.8. The van der Waals surface area contributed by atoms with Crippen molar-refractivity contribution in [1.29, 1.82) is 0 Å². The maximum Gasteiger partial charge on any atom is 0.0837 e. The summed E-state index contributed by atoms with van der Waals surface area (Å²) in [5.41, 5.74) is 1.08. The third kappa shape index (κ3) is 4.46. The van der Waals surface area contributed by atoms with Crippen molar-refractivity contribution in [3.05, 3.63) is 91.0 Å². The highest BCUT2D eigenvalue weighted by molar-refractivity contribution is 7.87. The molecule has 0 atom stereocenters. The molecular formula is C24H27N2P. The zero-order valence-corrected chi connectivity index (χ0v) is 17.2. The number of hydrogen-bond donors (Lipinski definition) is 0. The largest absolute Gasteiger partial charge is 0.161 e. The first-order chi connectivity index (χ1) is 13.1. The molecule has 0 N–H and O–H groups in total. The van der Waals surface area contributed by atoms with Crippen molar-refractivity contribution in [3.8, 4) is 0 Å². The van der Waals surface area contributed by atoms with Gasteiger partial charge in [0.25, 0.3) is 0 Å². The molecule has 0 saturated carbocycles. The van der Waals surface area contributed by atoms with Crippen LogP contribution in [0.25, 0.3) is 0 Å². The second kappa shape index (κ2) is 8.97. The minimum absolute atomic E-state index is 0.571. The average molecular weight is 374 g/mol. The van der Waals surface area contributed by atoms with E-state index in [0.717, 1.165) is 12.1 Å². The summed E-state index contributed by atoms with van der Waals surface area (Å²) in [5, 5.41) is 8.43. The van der Waals surface area contributed by atoms with E-state index in [9.17, 15) is 0 Å². The molecule has 0 amide bonds. The maximum atomic E-state index is 5.12. The molecule has 0 saturated heterocycles. The van der Waals surface area contributed by atoms with Crippen LogP contribution in [-0.2, 0) is 0 Å². The molecule has 0 bridgehead atoms. The van der Waals surface area contributed by atoms with Gasteiger partial charge in [-0.3, -0.25) is 0 Å². The van der Waals surface area contributed by atoms with Crippen LogP contribution in [0.4, 0.5) is 0 Å². The van der Waals surface area contributed by atoms with E-state index in [4.69, 9.17) is 9.96 Å². The molecular weight excluding hydrogens is 347 g/mol. The Kier molecular flexibility index (Phi) is 6.42. The third-order valence-electron chi connectivity index (χ3n) is 4.44. The topological polar surface area (TPSA) is 24.7 Å². The lowest BCUT2D eigenvalue weighted by Gasteiger charge is -2.25. The minimum atomic E-state index is -2.21. The smallest absolute Gasteiger partial charge is 0.0837 e. The van der Waals surface area contributed by atoms with Crippen molar-refractivity contribution in [3.63, 3.8) is 0 Å². The van der Waals surface area contributed by atoms with Crippen LogP contribution in [0.1, 0.15) is 27.2 Å². The summed E-state index contributed by atoms with van der Waals surface area (Å²) in [7, 11) is -2.21. The van der Waals surface area contributed by atoms with E-state index in [1.807, 2.05) is 0 Å². The summed E-state index contributed by atoms with van der Waals surface area (Å²) in [5.74, 6) is 0.571. The number of benzene rings is 3. The molecule has 0 aliphatic carbocycles. The lowest BCUT2D eigenvalue weighted by atomic mass is 10.1. The molecule has 27 heavy (non-hydrogen) atoms. The highest BCUT2D eigenvalue weighted by atomic mass is 31.2. The predicted molar refractivity (Wildman–Crippen MR) is 120 cm³/mol. The Hall–Kier alpha value is -2.44. The van der Waals surface area contributed by atoms with Gasteiger partial charge in [-0.15, -0.1) is 0 Å². The number of hydrogen-bond acceptors (Lipinski definition) is 1. The molecule has 0 spiro atoms. The lowest BCUT2D eigenvalue weighted by Crippen LogP contribution is -2.25. The van der Waals surface area contributed by atoms with Gasteiger partial charge in [0, 0.05) is 21.6 Å². The highest BCUT2D eigenvalue weighted by Crippen LogP contribution is 2.46. The van der Waals surface area contributed by atoms with Crippen molar-refractivity contribution in [2.75, 3.05) is 0 Å². The van der Waals surface area contributed by atoms with Crippen molar-refractivity contribution in [1.82, 2.24) is 0 Å².